The number of imidazole rings is 2. The first-order valence-corrected chi connectivity index (χ1v) is 15.6. The molecule has 1 fully saturated rings. The summed E-state index contributed by atoms with van der Waals surface area (Å²) in [4.78, 5) is 51.2. The highest BCUT2D eigenvalue weighted by atomic mass is 19.2. The normalized spacial score (nSPS) is 17.4. The first-order valence-electron chi connectivity index (χ1n) is 15.6. The van der Waals surface area contributed by atoms with Crippen molar-refractivity contribution < 1.29 is 18.4 Å². The van der Waals surface area contributed by atoms with Gasteiger partial charge in [-0.3, -0.25) is 9.59 Å². The van der Waals surface area contributed by atoms with Crippen molar-refractivity contribution in [3.05, 3.63) is 82.0 Å². The zero-order valence-corrected chi connectivity index (χ0v) is 25.7. The number of fused-ring (bicyclic) bond motifs is 2. The average molecular weight is 630 g/mol. The smallest absolute Gasteiger partial charge is 0.323 e. The van der Waals surface area contributed by atoms with Gasteiger partial charge in [-0.15, -0.1) is 0 Å². The minimum Gasteiger partial charge on any atom is -0.344 e. The topological polar surface area (TPSA) is 162 Å². The lowest BCUT2D eigenvalue weighted by Gasteiger charge is -2.28. The second-order valence-corrected chi connectivity index (χ2v) is 12.5. The van der Waals surface area contributed by atoms with Crippen molar-refractivity contribution in [2.24, 2.45) is 17.6 Å². The Morgan fingerprint density at radius 3 is 2.35 bits per heavy atom. The largest absolute Gasteiger partial charge is 0.344 e. The van der Waals surface area contributed by atoms with Crippen LogP contribution in [0.5, 0.6) is 0 Å². The molecule has 10 nitrogen and oxygen atoms in total. The zero-order valence-electron chi connectivity index (χ0n) is 25.7. The van der Waals surface area contributed by atoms with Crippen molar-refractivity contribution in [2.75, 3.05) is 11.9 Å². The van der Waals surface area contributed by atoms with E-state index in [-0.39, 0.29) is 40.9 Å². The molecule has 0 bridgehead atoms. The van der Waals surface area contributed by atoms with E-state index >= 15 is 4.39 Å². The highest BCUT2D eigenvalue weighted by molar-refractivity contribution is 5.98. The number of nitrogens with two attached hydrogens (primary N) is 1. The molecule has 0 saturated heterocycles. The molecule has 0 radical (unpaired) electrons. The fourth-order valence-corrected chi connectivity index (χ4v) is 6.15. The van der Waals surface area contributed by atoms with Crippen molar-refractivity contribution in [1.29, 1.82) is 0 Å². The quantitative estimate of drug-likeness (QED) is 0.131. The van der Waals surface area contributed by atoms with Crippen LogP contribution >= 0.6 is 0 Å². The number of benzene rings is 3. The van der Waals surface area contributed by atoms with Crippen LogP contribution in [0.15, 0.2) is 53.3 Å². The summed E-state index contributed by atoms with van der Waals surface area (Å²) >= 11 is 0. The number of amides is 2. The van der Waals surface area contributed by atoms with Crippen LogP contribution in [0, 0.1) is 23.5 Å². The van der Waals surface area contributed by atoms with Gasteiger partial charge in [0.25, 0.3) is 0 Å². The minimum absolute atomic E-state index is 0.0183. The number of H-pyrrole nitrogens is 3. The molecule has 2 heterocycles. The third-order valence-corrected chi connectivity index (χ3v) is 8.89. The van der Waals surface area contributed by atoms with E-state index in [1.165, 1.54) is 0 Å². The molecule has 1 aliphatic carbocycles. The van der Waals surface area contributed by atoms with Crippen molar-refractivity contribution in [2.45, 2.75) is 57.9 Å². The maximum absolute atomic E-state index is 15.2. The first-order chi connectivity index (χ1) is 22.1. The molecular weight excluding hydrogens is 592 g/mol. The molecule has 240 valence electrons. The van der Waals surface area contributed by atoms with Crippen LogP contribution < -0.4 is 22.1 Å². The number of aromatic nitrogens is 4. The van der Waals surface area contributed by atoms with E-state index in [0.717, 1.165) is 12.8 Å². The van der Waals surface area contributed by atoms with Crippen molar-refractivity contribution in [1.82, 2.24) is 25.3 Å². The van der Waals surface area contributed by atoms with Crippen molar-refractivity contribution >= 4 is 39.6 Å². The Morgan fingerprint density at radius 2 is 1.65 bits per heavy atom. The summed E-state index contributed by atoms with van der Waals surface area (Å²) in [5.41, 5.74) is 8.68. The molecule has 1 saturated carbocycles. The van der Waals surface area contributed by atoms with E-state index in [1.807, 2.05) is 13.8 Å². The fourth-order valence-electron chi connectivity index (χ4n) is 6.15. The average Bonchev–Trinajstić information content (AvgIpc) is 3.65. The van der Waals surface area contributed by atoms with E-state index in [2.05, 4.69) is 30.6 Å². The predicted octanol–water partition coefficient (Wildman–Crippen LogP) is 5.23. The summed E-state index contributed by atoms with van der Waals surface area (Å²) in [6.07, 6.45) is 3.29. The maximum Gasteiger partial charge on any atom is 0.323 e. The van der Waals surface area contributed by atoms with E-state index in [9.17, 15) is 18.8 Å². The van der Waals surface area contributed by atoms with Crippen LogP contribution in [0.2, 0.25) is 0 Å². The van der Waals surface area contributed by atoms with E-state index in [1.54, 1.807) is 48.5 Å². The van der Waals surface area contributed by atoms with E-state index in [4.69, 9.17) is 5.73 Å². The van der Waals surface area contributed by atoms with Gasteiger partial charge in [-0.05, 0) is 73.5 Å². The van der Waals surface area contributed by atoms with Crippen LogP contribution in [-0.4, -0.2) is 44.3 Å². The molecule has 0 spiro atoms. The molecule has 3 aromatic carbocycles. The van der Waals surface area contributed by atoms with Crippen molar-refractivity contribution in [3.8, 4) is 11.1 Å². The maximum atomic E-state index is 15.2. The lowest BCUT2D eigenvalue weighted by atomic mass is 9.81. The van der Waals surface area contributed by atoms with Gasteiger partial charge >= 0.3 is 5.69 Å². The summed E-state index contributed by atoms with van der Waals surface area (Å²) in [6.45, 7) is 4.42. The molecule has 1 atom stereocenters. The van der Waals surface area contributed by atoms with Gasteiger partial charge in [-0.2, -0.15) is 0 Å². The van der Waals surface area contributed by atoms with Gasteiger partial charge in [0.2, 0.25) is 11.8 Å². The van der Waals surface area contributed by atoms with E-state index in [0.29, 0.717) is 64.5 Å². The van der Waals surface area contributed by atoms with Gasteiger partial charge in [0.15, 0.2) is 11.6 Å². The Kier molecular flexibility index (Phi) is 8.72. The molecule has 0 unspecified atom stereocenters. The fraction of sp³-hybridized carbons (Fsp3) is 0.353. The van der Waals surface area contributed by atoms with Crippen LogP contribution in [-0.2, 0) is 16.0 Å². The molecule has 46 heavy (non-hydrogen) atoms. The third-order valence-electron chi connectivity index (χ3n) is 8.89. The highest BCUT2D eigenvalue weighted by Crippen LogP contribution is 2.32. The van der Waals surface area contributed by atoms with E-state index < -0.39 is 23.6 Å². The summed E-state index contributed by atoms with van der Waals surface area (Å²) in [5, 5.41) is 5.82. The van der Waals surface area contributed by atoms with Crippen molar-refractivity contribution in [3.63, 3.8) is 0 Å². The molecule has 6 rings (SSSR count). The Morgan fingerprint density at radius 1 is 0.935 bits per heavy atom. The van der Waals surface area contributed by atoms with Gasteiger partial charge in [-0.1, -0.05) is 38.1 Å². The molecule has 7 N–H and O–H groups in total. The molecule has 1 aliphatic rings. The number of hydrogen-bond acceptors (Lipinski definition) is 5. The van der Waals surface area contributed by atoms with Gasteiger partial charge < -0.3 is 31.3 Å². The number of nitrogens with one attached hydrogen (secondary N) is 5. The molecular formula is C34H37F2N7O3. The van der Waals surface area contributed by atoms with Crippen LogP contribution in [0.1, 0.15) is 56.8 Å². The summed E-state index contributed by atoms with van der Waals surface area (Å²) in [5.74, 6) is -1.84. The number of carbonyl (C=O) groups is 2. The summed E-state index contributed by atoms with van der Waals surface area (Å²) < 4.78 is 30.1. The van der Waals surface area contributed by atoms with Crippen LogP contribution in [0.25, 0.3) is 33.2 Å². The SMILES string of the molecule is CC(C)c1nc2c(F)c(F)c(-c3ccc(C[C@H](NC(=O)C4CCC(CN)CC4)C(=O)Nc4ccc5[nH]c(=O)[nH]c5c4)cc3)cc2[nH]1. The van der Waals surface area contributed by atoms with Gasteiger partial charge in [0.05, 0.1) is 16.6 Å². The predicted molar refractivity (Wildman–Crippen MR) is 173 cm³/mol. The number of carbonyl (C=O) groups excluding carboxylic acids is 2. The van der Waals surface area contributed by atoms with Crippen LogP contribution in [0.4, 0.5) is 14.5 Å². The van der Waals surface area contributed by atoms with Gasteiger partial charge in [0, 0.05) is 29.5 Å². The lowest BCUT2D eigenvalue weighted by molar-refractivity contribution is -0.130. The molecule has 2 aromatic heterocycles. The molecule has 5 aromatic rings. The number of anilines is 1. The van der Waals surface area contributed by atoms with Gasteiger partial charge in [-0.25, -0.2) is 18.6 Å². The molecule has 0 aliphatic heterocycles. The number of aromatic amines is 3. The molecule has 12 heteroatoms. The lowest BCUT2D eigenvalue weighted by Crippen LogP contribution is -2.48. The Bertz CT molecular complexity index is 1950. The number of halogens is 2. The minimum atomic E-state index is -1.01. The summed E-state index contributed by atoms with van der Waals surface area (Å²) in [7, 11) is 0. The second kappa shape index (κ2) is 12.9. The summed E-state index contributed by atoms with van der Waals surface area (Å²) in [6, 6.07) is 12.4. The molecule has 2 amide bonds. The second-order valence-electron chi connectivity index (χ2n) is 12.5. The van der Waals surface area contributed by atoms with Gasteiger partial charge in [0.1, 0.15) is 17.4 Å². The number of rotatable bonds is 9. The number of nitrogens with zero attached hydrogens (tertiary/aromatic N) is 1. The standard InChI is InChI=1S/C34H37F2N7O3/c1-17(2)31-39-26-15-23(28(35)29(36)30(26)43-31)20-7-3-18(4-8-20)13-27(40-32(44)21-9-5-19(16-37)6-10-21)33(45)38-22-11-12-24-25(14-22)42-34(46)41-24/h3-4,7-8,11-12,14-15,17,19,21,27H,5-6,9-10,13,16,37H2,1-2H3,(H,38,45)(H,39,43)(H,40,44)(H2,41,42,46)/t19?,21?,27-/m0/s1. The Balaban J connectivity index is 1.23. The zero-order chi connectivity index (χ0) is 32.5. The van der Waals surface area contributed by atoms with Crippen LogP contribution in [0.3, 0.4) is 0 Å². The monoisotopic (exact) mass is 629 g/mol. The first kappa shape index (κ1) is 31.2. The third kappa shape index (κ3) is 6.43. The Labute approximate surface area is 263 Å². The number of hydrogen-bond donors (Lipinski definition) is 6. The highest BCUT2D eigenvalue weighted by Gasteiger charge is 2.29. The Hall–Kier alpha value is -4.84.